The first-order chi connectivity index (χ1) is 14.6. The number of esters is 1. The van der Waals surface area contributed by atoms with E-state index in [1.807, 2.05) is 0 Å². The van der Waals surface area contributed by atoms with Gasteiger partial charge in [-0.25, -0.2) is 0 Å². The van der Waals surface area contributed by atoms with Gasteiger partial charge >= 0.3 is 5.97 Å². The summed E-state index contributed by atoms with van der Waals surface area (Å²) >= 11 is 0. The van der Waals surface area contributed by atoms with Gasteiger partial charge in [-0.3, -0.25) is 4.79 Å². The van der Waals surface area contributed by atoms with Crippen LogP contribution in [0, 0.1) is 17.8 Å². The van der Waals surface area contributed by atoms with E-state index in [0.29, 0.717) is 36.4 Å². The van der Waals surface area contributed by atoms with Gasteiger partial charge in [-0.2, -0.15) is 0 Å². The van der Waals surface area contributed by atoms with E-state index in [-0.39, 0.29) is 11.0 Å². The summed E-state index contributed by atoms with van der Waals surface area (Å²) in [7, 11) is -0.403. The number of rotatable bonds is 10. The lowest BCUT2D eigenvalue weighted by atomic mass is 9.76. The minimum absolute atomic E-state index is 0.149. The molecule has 0 radical (unpaired) electrons. The van der Waals surface area contributed by atoms with Crippen molar-refractivity contribution in [2.75, 3.05) is 13.7 Å². The van der Waals surface area contributed by atoms with E-state index in [2.05, 4.69) is 65.1 Å². The van der Waals surface area contributed by atoms with Gasteiger partial charge in [0.1, 0.15) is 0 Å². The minimum atomic E-state index is -1.86. The summed E-state index contributed by atoms with van der Waals surface area (Å²) in [5.41, 5.74) is 2.60. The van der Waals surface area contributed by atoms with Gasteiger partial charge in [0.2, 0.25) is 0 Å². The Morgan fingerprint density at radius 1 is 1.13 bits per heavy atom. The summed E-state index contributed by atoms with van der Waals surface area (Å²) in [6.45, 7) is 14.9. The molecule has 2 saturated heterocycles. The molecule has 4 nitrogen and oxygen atoms in total. The molecule has 0 N–H and O–H groups in total. The number of carbonyl (C=O) groups is 1. The summed E-state index contributed by atoms with van der Waals surface area (Å²) in [5, 5.41) is 0.224. The fourth-order valence-electron chi connectivity index (χ4n) is 5.16. The lowest BCUT2D eigenvalue weighted by Crippen LogP contribution is -2.47. The molecule has 4 atom stereocenters. The fraction of sp³-hybridized carbons (Fsp3) is 0.731. The standard InChI is InChI=1S/C26H42O4Si/c1-18(2)26(3,4)31(6,7)29-17-22-21(23-13-14-24(22)30-23)16-20-11-9-8-10-19(20)12-15-25(27)28-5/h8-11,18,21-24H,12-17H2,1-7H3. The third kappa shape index (κ3) is 5.26. The van der Waals surface area contributed by atoms with Gasteiger partial charge in [-0.05, 0) is 66.8 Å². The van der Waals surface area contributed by atoms with Crippen LogP contribution in [0.3, 0.4) is 0 Å². The van der Waals surface area contributed by atoms with Gasteiger partial charge in [0.15, 0.2) is 8.32 Å². The number of carbonyl (C=O) groups excluding carboxylic acids is 1. The monoisotopic (exact) mass is 446 g/mol. The fourth-order valence-corrected chi connectivity index (χ4v) is 7.53. The number of ether oxygens (including phenoxy) is 2. The highest BCUT2D eigenvalue weighted by Gasteiger charge is 2.50. The Kier molecular flexibility index (Phi) is 7.70. The van der Waals surface area contributed by atoms with Gasteiger partial charge in [0.05, 0.1) is 19.3 Å². The predicted molar refractivity (Wildman–Crippen MR) is 128 cm³/mol. The Morgan fingerprint density at radius 2 is 1.74 bits per heavy atom. The highest BCUT2D eigenvalue weighted by molar-refractivity contribution is 6.74. The summed E-state index contributed by atoms with van der Waals surface area (Å²) < 4.78 is 18.0. The molecular formula is C26H42O4Si. The Bertz CT molecular complexity index is 758. The third-order valence-electron chi connectivity index (χ3n) is 8.62. The van der Waals surface area contributed by atoms with Gasteiger partial charge in [-0.15, -0.1) is 0 Å². The second-order valence-corrected chi connectivity index (χ2v) is 15.5. The summed E-state index contributed by atoms with van der Waals surface area (Å²) in [5.74, 6) is 1.40. The molecule has 174 valence electrons. The maximum absolute atomic E-state index is 11.7. The zero-order valence-electron chi connectivity index (χ0n) is 20.6. The van der Waals surface area contributed by atoms with Crippen molar-refractivity contribution >= 4 is 14.3 Å². The normalized spacial score (nSPS) is 25.9. The first-order valence-corrected chi connectivity index (χ1v) is 14.9. The smallest absolute Gasteiger partial charge is 0.305 e. The van der Waals surface area contributed by atoms with E-state index in [4.69, 9.17) is 13.9 Å². The third-order valence-corrected chi connectivity index (χ3v) is 13.2. The lowest BCUT2D eigenvalue weighted by Gasteiger charge is -2.43. The summed E-state index contributed by atoms with van der Waals surface area (Å²) in [6, 6.07) is 8.55. The Labute approximate surface area is 190 Å². The Balaban J connectivity index is 1.71. The molecule has 0 aliphatic carbocycles. The van der Waals surface area contributed by atoms with E-state index in [0.717, 1.165) is 32.3 Å². The highest BCUT2D eigenvalue weighted by Crippen LogP contribution is 2.48. The first-order valence-electron chi connectivity index (χ1n) is 12.0. The molecule has 3 rings (SSSR count). The van der Waals surface area contributed by atoms with Crippen LogP contribution >= 0.6 is 0 Å². The molecule has 0 spiro atoms. The van der Waals surface area contributed by atoms with Crippen LogP contribution in [0.25, 0.3) is 0 Å². The summed E-state index contributed by atoms with van der Waals surface area (Å²) in [6.07, 6.45) is 5.16. The average Bonchev–Trinajstić information content (AvgIpc) is 3.33. The first kappa shape index (κ1) is 24.5. The second-order valence-electron chi connectivity index (χ2n) is 10.9. The van der Waals surface area contributed by atoms with E-state index < -0.39 is 8.32 Å². The molecule has 2 fully saturated rings. The van der Waals surface area contributed by atoms with Crippen LogP contribution in [0.2, 0.25) is 18.1 Å². The van der Waals surface area contributed by atoms with Gasteiger partial charge in [-0.1, -0.05) is 52.0 Å². The molecule has 0 amide bonds. The molecule has 2 heterocycles. The van der Waals surface area contributed by atoms with E-state index >= 15 is 0 Å². The van der Waals surface area contributed by atoms with Crippen molar-refractivity contribution in [3.05, 3.63) is 35.4 Å². The van der Waals surface area contributed by atoms with Gasteiger partial charge in [0.25, 0.3) is 0 Å². The zero-order chi connectivity index (χ0) is 22.8. The van der Waals surface area contributed by atoms with Crippen LogP contribution in [0.4, 0.5) is 0 Å². The average molecular weight is 447 g/mol. The van der Waals surface area contributed by atoms with Gasteiger partial charge < -0.3 is 13.9 Å². The van der Waals surface area contributed by atoms with Crippen LogP contribution < -0.4 is 0 Å². The number of benzene rings is 1. The van der Waals surface area contributed by atoms with Crippen molar-refractivity contribution in [2.45, 2.75) is 90.1 Å². The van der Waals surface area contributed by atoms with Crippen molar-refractivity contribution in [1.82, 2.24) is 0 Å². The molecule has 31 heavy (non-hydrogen) atoms. The van der Waals surface area contributed by atoms with E-state index in [1.54, 1.807) is 0 Å². The molecule has 2 aliphatic rings. The SMILES string of the molecule is COC(=O)CCc1ccccc1CC1C2CCC(O2)C1CO[Si](C)(C)C(C)(C)C(C)C. The minimum Gasteiger partial charge on any atom is -0.469 e. The number of fused-ring (bicyclic) bond motifs is 2. The predicted octanol–water partition coefficient (Wildman–Crippen LogP) is 5.79. The molecule has 5 heteroatoms. The molecule has 0 saturated carbocycles. The van der Waals surface area contributed by atoms with Crippen LogP contribution in [-0.2, 0) is 31.5 Å². The maximum atomic E-state index is 11.7. The number of methoxy groups -OCH3 is 1. The highest BCUT2D eigenvalue weighted by atomic mass is 28.4. The quantitative estimate of drug-likeness (QED) is 0.337. The molecule has 4 unspecified atom stereocenters. The van der Waals surface area contributed by atoms with Crippen molar-refractivity contribution in [2.24, 2.45) is 17.8 Å². The second kappa shape index (κ2) is 9.76. The van der Waals surface area contributed by atoms with E-state index in [1.165, 1.54) is 18.2 Å². The largest absolute Gasteiger partial charge is 0.469 e. The number of aryl methyl sites for hydroxylation is 1. The molecule has 2 bridgehead atoms. The number of hydrogen-bond donors (Lipinski definition) is 0. The van der Waals surface area contributed by atoms with Crippen molar-refractivity contribution in [3.63, 3.8) is 0 Å². The maximum Gasteiger partial charge on any atom is 0.305 e. The van der Waals surface area contributed by atoms with Crippen molar-refractivity contribution in [3.8, 4) is 0 Å². The van der Waals surface area contributed by atoms with Crippen LogP contribution in [0.15, 0.2) is 24.3 Å². The molecule has 1 aromatic rings. The van der Waals surface area contributed by atoms with Gasteiger partial charge in [0, 0.05) is 18.9 Å². The summed E-state index contributed by atoms with van der Waals surface area (Å²) in [4.78, 5) is 11.7. The molecule has 0 aromatic heterocycles. The Morgan fingerprint density at radius 3 is 2.35 bits per heavy atom. The number of hydrogen-bond acceptors (Lipinski definition) is 4. The van der Waals surface area contributed by atoms with E-state index in [9.17, 15) is 4.79 Å². The molecular weight excluding hydrogens is 404 g/mol. The van der Waals surface area contributed by atoms with Crippen molar-refractivity contribution < 1.29 is 18.7 Å². The lowest BCUT2D eigenvalue weighted by molar-refractivity contribution is -0.140. The van der Waals surface area contributed by atoms with Crippen LogP contribution in [-0.4, -0.2) is 40.2 Å². The Hall–Kier alpha value is -1.17. The topological polar surface area (TPSA) is 44.8 Å². The molecule has 2 aliphatic heterocycles. The van der Waals surface area contributed by atoms with Crippen molar-refractivity contribution in [1.29, 1.82) is 0 Å². The van der Waals surface area contributed by atoms with Crippen LogP contribution in [0.1, 0.15) is 58.1 Å². The molecule has 1 aromatic carbocycles. The van der Waals surface area contributed by atoms with Crippen LogP contribution in [0.5, 0.6) is 0 Å². The zero-order valence-corrected chi connectivity index (χ0v) is 21.6.